The number of carbonyl (C=O) groups is 1. The Balaban J connectivity index is 1.69. The second-order valence-corrected chi connectivity index (χ2v) is 6.91. The van der Waals surface area contributed by atoms with Gasteiger partial charge in [0.1, 0.15) is 11.6 Å². The summed E-state index contributed by atoms with van der Waals surface area (Å²) in [5.74, 6) is 0.413. The highest BCUT2D eigenvalue weighted by Gasteiger charge is 2.37. The highest BCUT2D eigenvalue weighted by atomic mass is 19.4. The summed E-state index contributed by atoms with van der Waals surface area (Å²) in [6, 6.07) is 9.59. The number of pyridine rings is 1. The van der Waals surface area contributed by atoms with E-state index in [1.54, 1.807) is 29.0 Å². The standard InChI is InChI=1S/C21H24F3N3O2/c1-3-27(16-6-8-17(29-2)9-7-16)20(28)15-10-13-26(14-11-15)19-18(21(22,23)24)5-4-12-25-19/h4-9,12,15H,3,10-11,13-14H2,1-2H3. The zero-order valence-electron chi connectivity index (χ0n) is 16.4. The molecule has 1 aromatic heterocycles. The molecule has 0 N–H and O–H groups in total. The van der Waals surface area contributed by atoms with Crippen LogP contribution >= 0.6 is 0 Å². The molecule has 1 amide bonds. The highest BCUT2D eigenvalue weighted by molar-refractivity contribution is 5.95. The summed E-state index contributed by atoms with van der Waals surface area (Å²) < 4.78 is 44.9. The molecule has 3 rings (SSSR count). The van der Waals surface area contributed by atoms with Gasteiger partial charge in [-0.05, 0) is 56.2 Å². The number of hydrogen-bond acceptors (Lipinski definition) is 4. The molecule has 0 aliphatic carbocycles. The summed E-state index contributed by atoms with van der Waals surface area (Å²) in [7, 11) is 1.58. The number of methoxy groups -OCH3 is 1. The van der Waals surface area contributed by atoms with Crippen molar-refractivity contribution < 1.29 is 22.7 Å². The van der Waals surface area contributed by atoms with E-state index in [9.17, 15) is 18.0 Å². The number of alkyl halides is 3. The molecule has 2 heterocycles. The topological polar surface area (TPSA) is 45.7 Å². The van der Waals surface area contributed by atoms with Crippen molar-refractivity contribution in [2.75, 3.05) is 36.5 Å². The van der Waals surface area contributed by atoms with E-state index in [0.29, 0.717) is 38.2 Å². The maximum absolute atomic E-state index is 13.3. The second kappa shape index (κ2) is 8.71. The fraction of sp³-hybridized carbons (Fsp3) is 0.429. The van der Waals surface area contributed by atoms with Gasteiger partial charge in [-0.2, -0.15) is 13.2 Å². The zero-order chi connectivity index (χ0) is 21.0. The summed E-state index contributed by atoms with van der Waals surface area (Å²) >= 11 is 0. The molecule has 156 valence electrons. The Hall–Kier alpha value is -2.77. The quantitative estimate of drug-likeness (QED) is 0.738. The third kappa shape index (κ3) is 4.63. The molecule has 1 aromatic carbocycles. The lowest BCUT2D eigenvalue weighted by Crippen LogP contribution is -2.43. The largest absolute Gasteiger partial charge is 0.497 e. The summed E-state index contributed by atoms with van der Waals surface area (Å²) in [4.78, 5) is 20.3. The van der Waals surface area contributed by atoms with Gasteiger partial charge in [-0.1, -0.05) is 0 Å². The summed E-state index contributed by atoms with van der Waals surface area (Å²) in [5.41, 5.74) is 0.0445. The van der Waals surface area contributed by atoms with Crippen molar-refractivity contribution in [2.45, 2.75) is 25.9 Å². The fourth-order valence-electron chi connectivity index (χ4n) is 3.66. The van der Waals surface area contributed by atoms with Crippen LogP contribution in [-0.4, -0.2) is 37.6 Å². The SMILES string of the molecule is CCN(C(=O)C1CCN(c2ncccc2C(F)(F)F)CC1)c1ccc(OC)cc1. The van der Waals surface area contributed by atoms with Crippen molar-refractivity contribution >= 4 is 17.4 Å². The Bertz CT molecular complexity index is 832. The lowest BCUT2D eigenvalue weighted by Gasteiger charge is -2.35. The van der Waals surface area contributed by atoms with Gasteiger partial charge in [-0.25, -0.2) is 4.98 Å². The predicted octanol–water partition coefficient (Wildman–Crippen LogP) is 4.38. The van der Waals surface area contributed by atoms with Gasteiger partial charge >= 0.3 is 6.18 Å². The minimum Gasteiger partial charge on any atom is -0.497 e. The molecule has 2 aromatic rings. The molecule has 5 nitrogen and oxygen atoms in total. The number of nitrogens with zero attached hydrogens (tertiary/aromatic N) is 3. The number of anilines is 2. The summed E-state index contributed by atoms with van der Waals surface area (Å²) in [5, 5.41) is 0. The van der Waals surface area contributed by atoms with Gasteiger partial charge in [0.25, 0.3) is 0 Å². The average molecular weight is 407 g/mol. The smallest absolute Gasteiger partial charge is 0.419 e. The number of aromatic nitrogens is 1. The van der Waals surface area contributed by atoms with Crippen LogP contribution < -0.4 is 14.5 Å². The maximum Gasteiger partial charge on any atom is 0.419 e. The normalized spacial score (nSPS) is 15.3. The van der Waals surface area contributed by atoms with Gasteiger partial charge in [0.05, 0.1) is 12.7 Å². The van der Waals surface area contributed by atoms with Crippen LogP contribution in [0.15, 0.2) is 42.6 Å². The third-order valence-electron chi connectivity index (χ3n) is 5.20. The van der Waals surface area contributed by atoms with Crippen LogP contribution in [0.3, 0.4) is 0 Å². The number of rotatable bonds is 5. The van der Waals surface area contributed by atoms with E-state index >= 15 is 0 Å². The highest BCUT2D eigenvalue weighted by Crippen LogP contribution is 2.36. The van der Waals surface area contributed by atoms with Gasteiger partial charge in [-0.3, -0.25) is 4.79 Å². The van der Waals surface area contributed by atoms with Crippen molar-refractivity contribution in [3.63, 3.8) is 0 Å². The number of halogens is 3. The van der Waals surface area contributed by atoms with E-state index in [4.69, 9.17) is 4.74 Å². The monoisotopic (exact) mass is 407 g/mol. The molecule has 0 atom stereocenters. The van der Waals surface area contributed by atoms with Crippen molar-refractivity contribution in [3.8, 4) is 5.75 Å². The minimum atomic E-state index is -4.45. The Kier molecular flexibility index (Phi) is 6.30. The van der Waals surface area contributed by atoms with E-state index in [0.717, 1.165) is 11.8 Å². The van der Waals surface area contributed by atoms with Gasteiger partial charge in [-0.15, -0.1) is 0 Å². The Labute approximate surface area is 168 Å². The number of carbonyl (C=O) groups excluding carboxylic acids is 1. The first-order valence-corrected chi connectivity index (χ1v) is 9.57. The van der Waals surface area contributed by atoms with E-state index in [-0.39, 0.29) is 17.6 Å². The fourth-order valence-corrected chi connectivity index (χ4v) is 3.66. The van der Waals surface area contributed by atoms with E-state index in [1.165, 1.54) is 12.3 Å². The van der Waals surface area contributed by atoms with Crippen LogP contribution in [0.5, 0.6) is 5.75 Å². The molecule has 0 unspecified atom stereocenters. The van der Waals surface area contributed by atoms with Gasteiger partial charge in [0, 0.05) is 37.4 Å². The first-order chi connectivity index (χ1) is 13.8. The first kappa shape index (κ1) is 21.0. The molecule has 1 aliphatic heterocycles. The molecule has 0 radical (unpaired) electrons. The molecule has 1 aliphatic rings. The molecule has 0 saturated carbocycles. The molecular formula is C21H24F3N3O2. The number of amides is 1. The number of hydrogen-bond donors (Lipinski definition) is 0. The molecule has 1 fully saturated rings. The van der Waals surface area contributed by atoms with Crippen LogP contribution in [0.2, 0.25) is 0 Å². The van der Waals surface area contributed by atoms with E-state index in [2.05, 4.69) is 4.98 Å². The zero-order valence-corrected chi connectivity index (χ0v) is 16.4. The minimum absolute atomic E-state index is 0.00520. The number of benzene rings is 1. The lowest BCUT2D eigenvalue weighted by molar-refractivity contribution is -0.137. The number of piperidine rings is 1. The van der Waals surface area contributed by atoms with E-state index < -0.39 is 11.7 Å². The van der Waals surface area contributed by atoms with Crippen LogP contribution in [-0.2, 0) is 11.0 Å². The first-order valence-electron chi connectivity index (χ1n) is 9.57. The molecular weight excluding hydrogens is 383 g/mol. The molecule has 8 heteroatoms. The average Bonchev–Trinajstić information content (AvgIpc) is 2.74. The van der Waals surface area contributed by atoms with Gasteiger partial charge in [0.15, 0.2) is 0 Å². The van der Waals surface area contributed by atoms with Crippen LogP contribution in [0, 0.1) is 5.92 Å². The Morgan fingerprint density at radius 2 is 1.86 bits per heavy atom. The summed E-state index contributed by atoms with van der Waals surface area (Å²) in [6.07, 6.45) is -2.12. The molecule has 1 saturated heterocycles. The van der Waals surface area contributed by atoms with Crippen LogP contribution in [0.4, 0.5) is 24.7 Å². The summed E-state index contributed by atoms with van der Waals surface area (Å²) in [6.45, 7) is 3.14. The van der Waals surface area contributed by atoms with Crippen LogP contribution in [0.25, 0.3) is 0 Å². The second-order valence-electron chi connectivity index (χ2n) is 6.91. The molecule has 0 spiro atoms. The predicted molar refractivity (Wildman–Crippen MR) is 105 cm³/mol. The van der Waals surface area contributed by atoms with Crippen molar-refractivity contribution in [1.82, 2.24) is 4.98 Å². The van der Waals surface area contributed by atoms with Crippen molar-refractivity contribution in [1.29, 1.82) is 0 Å². The Morgan fingerprint density at radius 3 is 2.41 bits per heavy atom. The van der Waals surface area contributed by atoms with Crippen molar-refractivity contribution in [3.05, 3.63) is 48.2 Å². The van der Waals surface area contributed by atoms with Crippen molar-refractivity contribution in [2.24, 2.45) is 5.92 Å². The van der Waals surface area contributed by atoms with Crippen LogP contribution in [0.1, 0.15) is 25.3 Å². The Morgan fingerprint density at radius 1 is 1.21 bits per heavy atom. The number of ether oxygens (including phenoxy) is 1. The van der Waals surface area contributed by atoms with E-state index in [1.807, 2.05) is 19.1 Å². The molecule has 29 heavy (non-hydrogen) atoms. The lowest BCUT2D eigenvalue weighted by atomic mass is 9.94. The van der Waals surface area contributed by atoms with Gasteiger partial charge < -0.3 is 14.5 Å². The molecule has 0 bridgehead atoms. The third-order valence-corrected chi connectivity index (χ3v) is 5.20. The maximum atomic E-state index is 13.3. The van der Waals surface area contributed by atoms with Gasteiger partial charge in [0.2, 0.25) is 5.91 Å².